The number of aryl methyl sites for hydroxylation is 2. The van der Waals surface area contributed by atoms with Crippen molar-refractivity contribution in [3.05, 3.63) is 65.2 Å². The summed E-state index contributed by atoms with van der Waals surface area (Å²) in [4.78, 5) is 25.3. The number of nitrogens with zero attached hydrogens (tertiary/aromatic N) is 3. The highest BCUT2D eigenvalue weighted by atomic mass is 32.2. The van der Waals surface area contributed by atoms with E-state index in [0.29, 0.717) is 17.7 Å². The van der Waals surface area contributed by atoms with Gasteiger partial charge >= 0.3 is 0 Å². The number of hydrogen-bond acceptors (Lipinski definition) is 8. The van der Waals surface area contributed by atoms with Gasteiger partial charge in [-0.1, -0.05) is 45.0 Å². The second-order valence-corrected chi connectivity index (χ2v) is 16.1. The first kappa shape index (κ1) is 30.5. The first-order valence-corrected chi connectivity index (χ1v) is 16.6. The molecule has 0 saturated heterocycles. The van der Waals surface area contributed by atoms with Gasteiger partial charge in [0.1, 0.15) is 6.61 Å². The molecule has 5 N–H and O–H groups in total. The molecule has 1 atom stereocenters. The standard InChI is InChI=1S/C33H42N6O4S/c1-20-8-6-9-21(2)28(20)26-13-27-37-30(36-26)38-44(41,42)25-11-7-10-22(12-25)29(40)39(24(17-43-27)14-31(3,4)5)23-15-32(16-23)18-33(34,35)19-32/h6-13,23-24H,14-19,34-35H2,1-5H3,(H,36,37,38)/t24-/m1/s1. The van der Waals surface area contributed by atoms with Gasteiger partial charge in [-0.15, -0.1) is 0 Å². The van der Waals surface area contributed by atoms with Gasteiger partial charge in [0.05, 0.1) is 22.3 Å². The molecule has 0 unspecified atom stereocenters. The van der Waals surface area contributed by atoms with Crippen LogP contribution in [0, 0.1) is 24.7 Å². The van der Waals surface area contributed by atoms with Gasteiger partial charge in [-0.05, 0) is 86.1 Å². The molecular formula is C33H42N6O4S. The van der Waals surface area contributed by atoms with Crippen LogP contribution in [0.5, 0.6) is 5.88 Å². The maximum absolute atomic E-state index is 14.4. The lowest BCUT2D eigenvalue weighted by molar-refractivity contribution is -0.102. The van der Waals surface area contributed by atoms with Crippen molar-refractivity contribution in [2.24, 2.45) is 22.3 Å². The highest BCUT2D eigenvalue weighted by Gasteiger charge is 2.59. The molecule has 6 rings (SSSR count). The second kappa shape index (κ2) is 10.5. The van der Waals surface area contributed by atoms with Gasteiger partial charge in [-0.25, -0.2) is 18.1 Å². The van der Waals surface area contributed by atoms with Crippen molar-refractivity contribution >= 4 is 21.9 Å². The number of anilines is 1. The summed E-state index contributed by atoms with van der Waals surface area (Å²) in [5.74, 6) is -0.0924. The van der Waals surface area contributed by atoms with Gasteiger partial charge in [-0.2, -0.15) is 4.98 Å². The number of rotatable bonds is 3. The zero-order chi connectivity index (χ0) is 31.7. The molecule has 1 aromatic heterocycles. The van der Waals surface area contributed by atoms with Crippen molar-refractivity contribution in [3.8, 4) is 17.1 Å². The minimum Gasteiger partial charge on any atom is -0.475 e. The second-order valence-electron chi connectivity index (χ2n) is 14.4. The summed E-state index contributed by atoms with van der Waals surface area (Å²) < 4.78 is 36.1. The number of benzene rings is 2. The van der Waals surface area contributed by atoms with Crippen LogP contribution in [0.15, 0.2) is 53.4 Å². The fourth-order valence-electron chi connectivity index (χ4n) is 7.54. The number of carbonyl (C=O) groups is 1. The molecule has 0 radical (unpaired) electrons. The van der Waals surface area contributed by atoms with E-state index in [-0.39, 0.29) is 52.2 Å². The summed E-state index contributed by atoms with van der Waals surface area (Å²) in [6.07, 6.45) is 3.71. The Morgan fingerprint density at radius 2 is 1.68 bits per heavy atom. The van der Waals surface area contributed by atoms with Gasteiger partial charge in [0.2, 0.25) is 11.8 Å². The first-order valence-electron chi connectivity index (χ1n) is 15.2. The number of ether oxygens (including phenoxy) is 1. The molecule has 1 spiro atoms. The van der Waals surface area contributed by atoms with Crippen LogP contribution in [0.3, 0.4) is 0 Å². The molecule has 4 bridgehead atoms. The zero-order valence-electron chi connectivity index (χ0n) is 26.1. The molecule has 2 saturated carbocycles. The molecule has 3 aromatic rings. The number of aromatic nitrogens is 2. The molecule has 44 heavy (non-hydrogen) atoms. The molecule has 2 aliphatic carbocycles. The summed E-state index contributed by atoms with van der Waals surface area (Å²) in [5, 5.41) is 0. The van der Waals surface area contributed by atoms with Gasteiger partial charge in [0.25, 0.3) is 15.9 Å². The molecule has 10 nitrogen and oxygen atoms in total. The molecule has 1 amide bonds. The molecule has 11 heteroatoms. The summed E-state index contributed by atoms with van der Waals surface area (Å²) >= 11 is 0. The fraction of sp³-hybridized carbons (Fsp3) is 0.485. The number of carbonyl (C=O) groups excluding carboxylic acids is 1. The number of hydrogen-bond donors (Lipinski definition) is 3. The molecular weight excluding hydrogens is 576 g/mol. The quantitative estimate of drug-likeness (QED) is 0.355. The highest BCUT2D eigenvalue weighted by Crippen LogP contribution is 2.59. The van der Waals surface area contributed by atoms with Gasteiger partial charge in [0, 0.05) is 23.2 Å². The van der Waals surface area contributed by atoms with E-state index in [9.17, 15) is 13.2 Å². The van der Waals surface area contributed by atoms with Crippen LogP contribution in [0.1, 0.15) is 74.4 Å². The van der Waals surface area contributed by atoms with Gasteiger partial charge < -0.3 is 21.1 Å². The van der Waals surface area contributed by atoms with Crippen LogP contribution in [0.2, 0.25) is 0 Å². The Balaban J connectivity index is 1.46. The Morgan fingerprint density at radius 1 is 1.02 bits per heavy atom. The monoisotopic (exact) mass is 618 g/mol. The van der Waals surface area contributed by atoms with E-state index in [4.69, 9.17) is 16.2 Å². The molecule has 3 aliphatic rings. The van der Waals surface area contributed by atoms with Gasteiger partial charge in [0.15, 0.2) is 0 Å². The van der Waals surface area contributed by atoms with Gasteiger partial charge in [-0.3, -0.25) is 4.79 Å². The largest absolute Gasteiger partial charge is 0.475 e. The van der Waals surface area contributed by atoms with E-state index >= 15 is 0 Å². The maximum Gasteiger partial charge on any atom is 0.264 e. The van der Waals surface area contributed by atoms with Crippen molar-refractivity contribution in [2.45, 2.75) is 89.4 Å². The summed E-state index contributed by atoms with van der Waals surface area (Å²) in [7, 11) is -4.13. The van der Waals surface area contributed by atoms with Crippen LogP contribution in [0.4, 0.5) is 5.95 Å². The number of amides is 1. The van der Waals surface area contributed by atoms with E-state index in [2.05, 4.69) is 35.5 Å². The molecule has 2 aromatic carbocycles. The highest BCUT2D eigenvalue weighted by molar-refractivity contribution is 7.92. The predicted molar refractivity (Wildman–Crippen MR) is 170 cm³/mol. The van der Waals surface area contributed by atoms with Crippen LogP contribution in [-0.2, 0) is 10.0 Å². The van der Waals surface area contributed by atoms with E-state index in [0.717, 1.165) is 42.4 Å². The number of sulfonamides is 1. The van der Waals surface area contributed by atoms with Crippen molar-refractivity contribution in [1.82, 2.24) is 14.9 Å². The molecule has 2 fully saturated rings. The number of fused-ring (bicyclic) bond motifs is 4. The third-order valence-corrected chi connectivity index (χ3v) is 10.4. The van der Waals surface area contributed by atoms with E-state index in [1.807, 2.05) is 36.9 Å². The van der Waals surface area contributed by atoms with E-state index in [1.54, 1.807) is 18.2 Å². The minimum absolute atomic E-state index is 0.0414. The molecule has 234 valence electrons. The Kier molecular flexibility index (Phi) is 7.29. The average Bonchev–Trinajstić information content (AvgIpc) is 2.88. The van der Waals surface area contributed by atoms with Crippen LogP contribution in [0.25, 0.3) is 11.3 Å². The van der Waals surface area contributed by atoms with Crippen LogP contribution in [-0.4, -0.2) is 53.5 Å². The van der Waals surface area contributed by atoms with Crippen LogP contribution >= 0.6 is 0 Å². The van der Waals surface area contributed by atoms with Crippen molar-refractivity contribution in [1.29, 1.82) is 0 Å². The number of nitrogens with two attached hydrogens (primary N) is 2. The third kappa shape index (κ3) is 5.92. The summed E-state index contributed by atoms with van der Waals surface area (Å²) in [5.41, 5.74) is 15.3. The summed E-state index contributed by atoms with van der Waals surface area (Å²) in [6.45, 7) is 10.6. The molecule has 2 heterocycles. The lowest BCUT2D eigenvalue weighted by atomic mass is 9.49. The Labute approximate surface area is 259 Å². The minimum atomic E-state index is -4.13. The normalized spacial score (nSPS) is 22.4. The molecule has 1 aliphatic heterocycles. The van der Waals surface area contributed by atoms with E-state index in [1.165, 1.54) is 12.1 Å². The SMILES string of the molecule is Cc1cccc(C)c1-c1cc2nc(n1)NS(=O)(=O)c1cccc(c1)C(=O)N(C1CC3(C1)CC(N)(N)C3)[C@H](CC(C)(C)C)CO2. The number of nitrogens with one attached hydrogen (secondary N) is 1. The van der Waals surface area contributed by atoms with Crippen LogP contribution < -0.4 is 20.9 Å². The van der Waals surface area contributed by atoms with Crippen molar-refractivity contribution < 1.29 is 17.9 Å². The maximum atomic E-state index is 14.4. The fourth-order valence-corrected chi connectivity index (χ4v) is 8.53. The Bertz CT molecular complexity index is 1700. The lowest BCUT2D eigenvalue weighted by Crippen LogP contribution is -2.71. The van der Waals surface area contributed by atoms with Crippen molar-refractivity contribution in [2.75, 3.05) is 11.3 Å². The Hall–Kier alpha value is -3.54. The first-order chi connectivity index (χ1) is 20.5. The topological polar surface area (TPSA) is 154 Å². The third-order valence-electron chi connectivity index (χ3n) is 9.10. The average molecular weight is 619 g/mol. The van der Waals surface area contributed by atoms with E-state index < -0.39 is 15.7 Å². The van der Waals surface area contributed by atoms with Crippen molar-refractivity contribution in [3.63, 3.8) is 0 Å². The predicted octanol–water partition coefficient (Wildman–Crippen LogP) is 4.76. The Morgan fingerprint density at radius 3 is 2.32 bits per heavy atom. The summed E-state index contributed by atoms with van der Waals surface area (Å²) in [6, 6.07) is 13.5. The lowest BCUT2D eigenvalue weighted by Gasteiger charge is -2.63. The smallest absolute Gasteiger partial charge is 0.264 e. The zero-order valence-corrected chi connectivity index (χ0v) is 26.9.